The zero-order valence-corrected chi connectivity index (χ0v) is 27.1. The summed E-state index contributed by atoms with van der Waals surface area (Å²) in [7, 11) is 3.43. The number of hydrogen-bond acceptors (Lipinski definition) is 11. The molecule has 4 aromatic rings. The highest BCUT2D eigenvalue weighted by atomic mass is 19.1. The minimum atomic E-state index is -0.662. The van der Waals surface area contributed by atoms with Crippen LogP contribution in [0.15, 0.2) is 53.3 Å². The standard InChI is InChI=1S/C34H37FN8O5/c1-22-37-28-29(32(44)43(22)30-26(35)12-7-13-27(30)46-3)38-33(47-21-25-11-8-16-40(25)2)39-31(28)41-17-18-42(24(19-41)14-15-36)34(45)48-20-23-9-5-4-6-10-23/h4-7,9-10,12-13,24-25H,8,11,14,16-21H2,1-3H3/t24-,25-/m0/s1. The number of halogens is 1. The molecule has 13 nitrogen and oxygen atoms in total. The Bertz CT molecular complexity index is 1900. The van der Waals surface area contributed by atoms with E-state index < -0.39 is 23.5 Å². The first-order valence-corrected chi connectivity index (χ1v) is 15.9. The number of aromatic nitrogens is 4. The van der Waals surface area contributed by atoms with Crippen molar-refractivity contribution in [3.8, 4) is 23.5 Å². The fourth-order valence-corrected chi connectivity index (χ4v) is 6.30. The normalized spacial score (nSPS) is 18.1. The third-order valence-corrected chi connectivity index (χ3v) is 8.87. The number of anilines is 1. The second-order valence-corrected chi connectivity index (χ2v) is 11.9. The van der Waals surface area contributed by atoms with E-state index in [1.807, 2.05) is 42.3 Å². The maximum Gasteiger partial charge on any atom is 0.410 e. The van der Waals surface area contributed by atoms with Crippen LogP contribution in [-0.4, -0.2) is 94.4 Å². The number of benzene rings is 2. The van der Waals surface area contributed by atoms with Crippen LogP contribution >= 0.6 is 0 Å². The van der Waals surface area contributed by atoms with Crippen LogP contribution < -0.4 is 19.9 Å². The van der Waals surface area contributed by atoms with Crippen molar-refractivity contribution in [2.45, 2.75) is 44.9 Å². The molecular formula is C34H37FN8O5. The van der Waals surface area contributed by atoms with Gasteiger partial charge in [0.15, 0.2) is 17.2 Å². The van der Waals surface area contributed by atoms with Gasteiger partial charge in [-0.3, -0.25) is 9.36 Å². The molecule has 2 aromatic heterocycles. The lowest BCUT2D eigenvalue weighted by Gasteiger charge is -2.40. The fraction of sp³-hybridized carbons (Fsp3) is 0.412. The van der Waals surface area contributed by atoms with Crippen LogP contribution in [-0.2, 0) is 11.3 Å². The molecule has 48 heavy (non-hydrogen) atoms. The molecule has 4 heterocycles. The minimum absolute atomic E-state index is 0.0193. The Hall–Kier alpha value is -5.29. The number of rotatable bonds is 9. The number of nitrogens with zero attached hydrogens (tertiary/aromatic N) is 8. The van der Waals surface area contributed by atoms with Crippen molar-refractivity contribution in [2.24, 2.45) is 0 Å². The van der Waals surface area contributed by atoms with Gasteiger partial charge in [0.1, 0.15) is 36.0 Å². The Morgan fingerprint density at radius 3 is 2.58 bits per heavy atom. The Kier molecular flexibility index (Phi) is 9.67. The molecule has 2 saturated heterocycles. The molecule has 0 saturated carbocycles. The average molecular weight is 657 g/mol. The number of methoxy groups -OCH3 is 1. The second kappa shape index (κ2) is 14.2. The van der Waals surface area contributed by atoms with Gasteiger partial charge in [0.2, 0.25) is 0 Å². The van der Waals surface area contributed by atoms with Gasteiger partial charge in [0, 0.05) is 25.7 Å². The number of ether oxygens (including phenoxy) is 3. The smallest absolute Gasteiger partial charge is 0.410 e. The molecule has 2 aliphatic heterocycles. The second-order valence-electron chi connectivity index (χ2n) is 11.9. The summed E-state index contributed by atoms with van der Waals surface area (Å²) < 4.78 is 33.5. The van der Waals surface area contributed by atoms with E-state index in [1.54, 1.807) is 17.9 Å². The summed E-state index contributed by atoms with van der Waals surface area (Å²) in [5, 5.41) is 9.68. The highest BCUT2D eigenvalue weighted by Gasteiger charge is 2.34. The molecule has 0 unspecified atom stereocenters. The summed E-state index contributed by atoms with van der Waals surface area (Å²) >= 11 is 0. The van der Waals surface area contributed by atoms with Gasteiger partial charge in [-0.1, -0.05) is 36.4 Å². The van der Waals surface area contributed by atoms with Crippen LogP contribution in [0.3, 0.4) is 0 Å². The lowest BCUT2D eigenvalue weighted by Crippen LogP contribution is -2.55. The third-order valence-electron chi connectivity index (χ3n) is 8.87. The summed E-state index contributed by atoms with van der Waals surface area (Å²) in [6.07, 6.45) is 1.52. The molecule has 0 radical (unpaired) electrons. The summed E-state index contributed by atoms with van der Waals surface area (Å²) in [6, 6.07) is 15.4. The quantitative estimate of drug-likeness (QED) is 0.260. The largest absolute Gasteiger partial charge is 0.494 e. The summed E-state index contributed by atoms with van der Waals surface area (Å²) in [4.78, 5) is 46.9. The number of amides is 1. The van der Waals surface area contributed by atoms with Crippen molar-refractivity contribution in [3.63, 3.8) is 0 Å². The van der Waals surface area contributed by atoms with E-state index in [4.69, 9.17) is 24.2 Å². The first-order valence-electron chi connectivity index (χ1n) is 15.9. The first-order chi connectivity index (χ1) is 23.3. The predicted molar refractivity (Wildman–Crippen MR) is 175 cm³/mol. The van der Waals surface area contributed by atoms with Gasteiger partial charge >= 0.3 is 12.1 Å². The Morgan fingerprint density at radius 1 is 1.04 bits per heavy atom. The van der Waals surface area contributed by atoms with Crippen molar-refractivity contribution in [1.29, 1.82) is 5.26 Å². The Balaban J connectivity index is 1.37. The van der Waals surface area contributed by atoms with Crippen LogP contribution in [0.5, 0.6) is 11.8 Å². The number of carbonyl (C=O) groups is 1. The van der Waals surface area contributed by atoms with Crippen LogP contribution in [0, 0.1) is 24.1 Å². The maximum absolute atomic E-state index is 15.2. The number of nitriles is 1. The lowest BCUT2D eigenvalue weighted by atomic mass is 10.1. The Morgan fingerprint density at radius 2 is 1.85 bits per heavy atom. The third kappa shape index (κ3) is 6.59. The zero-order chi connectivity index (χ0) is 33.8. The predicted octanol–water partition coefficient (Wildman–Crippen LogP) is 3.85. The number of piperazine rings is 1. The maximum atomic E-state index is 15.2. The first kappa shape index (κ1) is 32.6. The van der Waals surface area contributed by atoms with Crippen molar-refractivity contribution in [2.75, 3.05) is 51.8 Å². The molecule has 250 valence electrons. The van der Waals surface area contributed by atoms with Crippen molar-refractivity contribution < 1.29 is 23.4 Å². The molecular weight excluding hydrogens is 619 g/mol. The molecule has 0 N–H and O–H groups in total. The number of hydrogen-bond donors (Lipinski definition) is 0. The van der Waals surface area contributed by atoms with E-state index in [0.29, 0.717) is 19.0 Å². The lowest BCUT2D eigenvalue weighted by molar-refractivity contribution is 0.0768. The van der Waals surface area contributed by atoms with Crippen LogP contribution in [0.2, 0.25) is 0 Å². The van der Waals surface area contributed by atoms with Gasteiger partial charge in [0.05, 0.1) is 25.6 Å². The van der Waals surface area contributed by atoms with E-state index in [2.05, 4.69) is 16.0 Å². The number of carbonyl (C=O) groups excluding carboxylic acids is 1. The molecule has 1 amide bonds. The molecule has 0 aliphatic carbocycles. The molecule has 2 aliphatic rings. The minimum Gasteiger partial charge on any atom is -0.494 e. The molecule has 2 atom stereocenters. The SMILES string of the molecule is COc1cccc(F)c1-n1c(C)nc2c(N3CCN(C(=O)OCc4ccccc4)[C@@H](CC#N)C3)nc(OC[C@@H]3CCCN3C)nc2c1=O. The molecule has 14 heteroatoms. The van der Waals surface area contributed by atoms with Crippen LogP contribution in [0.4, 0.5) is 15.0 Å². The number of aryl methyl sites for hydroxylation is 1. The summed E-state index contributed by atoms with van der Waals surface area (Å²) in [6.45, 7) is 3.73. The number of para-hydroxylation sites is 1. The number of fused-ring (bicyclic) bond motifs is 1. The van der Waals surface area contributed by atoms with Crippen LogP contribution in [0.1, 0.15) is 30.7 Å². The highest BCUT2D eigenvalue weighted by Crippen LogP contribution is 2.30. The van der Waals surface area contributed by atoms with Gasteiger partial charge in [0.25, 0.3) is 5.56 Å². The molecule has 2 aromatic carbocycles. The Labute approximate surface area is 277 Å². The molecule has 2 fully saturated rings. The van der Waals surface area contributed by atoms with E-state index in [9.17, 15) is 14.9 Å². The number of likely N-dealkylation sites (tertiary alicyclic amines) is 1. The topological polar surface area (TPSA) is 139 Å². The molecule has 0 spiro atoms. The van der Waals surface area contributed by atoms with Gasteiger partial charge in [-0.25, -0.2) is 14.2 Å². The summed E-state index contributed by atoms with van der Waals surface area (Å²) in [5.41, 5.74) is 0.288. The average Bonchev–Trinajstić information content (AvgIpc) is 3.51. The van der Waals surface area contributed by atoms with Crippen molar-refractivity contribution in [1.82, 2.24) is 29.3 Å². The number of likely N-dealkylation sites (N-methyl/N-ethyl adjacent to an activating group) is 1. The van der Waals surface area contributed by atoms with E-state index in [0.717, 1.165) is 29.5 Å². The van der Waals surface area contributed by atoms with E-state index >= 15 is 4.39 Å². The van der Waals surface area contributed by atoms with Gasteiger partial charge < -0.3 is 28.9 Å². The van der Waals surface area contributed by atoms with Gasteiger partial charge in [-0.2, -0.15) is 15.2 Å². The fourth-order valence-electron chi connectivity index (χ4n) is 6.30. The van der Waals surface area contributed by atoms with Crippen molar-refractivity contribution >= 4 is 22.9 Å². The molecule has 6 rings (SSSR count). The van der Waals surface area contributed by atoms with Crippen LogP contribution in [0.25, 0.3) is 16.7 Å². The zero-order valence-electron chi connectivity index (χ0n) is 27.1. The summed E-state index contributed by atoms with van der Waals surface area (Å²) in [5.74, 6) is 0.0119. The van der Waals surface area contributed by atoms with Crippen molar-refractivity contribution in [3.05, 3.63) is 76.1 Å². The van der Waals surface area contributed by atoms with E-state index in [-0.39, 0.29) is 66.5 Å². The van der Waals surface area contributed by atoms with E-state index in [1.165, 1.54) is 19.2 Å². The molecule has 0 bridgehead atoms. The van der Waals surface area contributed by atoms with Gasteiger partial charge in [-0.15, -0.1) is 0 Å². The van der Waals surface area contributed by atoms with Gasteiger partial charge in [-0.05, 0) is 51.1 Å². The monoisotopic (exact) mass is 656 g/mol. The highest BCUT2D eigenvalue weighted by molar-refractivity contribution is 5.86.